The lowest BCUT2D eigenvalue weighted by Crippen LogP contribution is -2.42. The number of amides is 4. The van der Waals surface area contributed by atoms with Gasteiger partial charge < -0.3 is 10.6 Å². The molecule has 1 aromatic heterocycles. The van der Waals surface area contributed by atoms with E-state index in [1.165, 1.54) is 4.90 Å². The smallest absolute Gasteiger partial charge is 0.325 e. The molecule has 4 rings (SSSR count). The van der Waals surface area contributed by atoms with E-state index in [9.17, 15) is 14.4 Å². The highest BCUT2D eigenvalue weighted by Crippen LogP contribution is 2.30. The predicted molar refractivity (Wildman–Crippen MR) is 113 cm³/mol. The summed E-state index contributed by atoms with van der Waals surface area (Å²) in [5.74, 6) is -0.215. The number of rotatable bonds is 5. The number of benzene rings is 1. The molecule has 2 N–H and O–H groups in total. The van der Waals surface area contributed by atoms with Gasteiger partial charge >= 0.3 is 6.03 Å². The summed E-state index contributed by atoms with van der Waals surface area (Å²) in [4.78, 5) is 43.4. The first-order valence-corrected chi connectivity index (χ1v) is 11.1. The van der Waals surface area contributed by atoms with Gasteiger partial charge in [-0.05, 0) is 31.0 Å². The lowest BCUT2D eigenvalue weighted by atomic mass is 9.94. The van der Waals surface area contributed by atoms with Crippen LogP contribution in [0.1, 0.15) is 63.3 Å². The number of carbonyl (C=O) groups excluding carboxylic acids is 3. The van der Waals surface area contributed by atoms with Crippen molar-refractivity contribution in [1.29, 1.82) is 0 Å². The molecule has 2 aromatic rings. The highest BCUT2D eigenvalue weighted by Gasteiger charge is 2.42. The average molecular weight is 415 g/mol. The highest BCUT2D eigenvalue weighted by atomic mass is 32.1. The fourth-order valence-corrected chi connectivity index (χ4v) is 5.05. The topological polar surface area (TPSA) is 91.4 Å². The quantitative estimate of drug-likeness (QED) is 0.724. The fourth-order valence-electron chi connectivity index (χ4n) is 4.04. The summed E-state index contributed by atoms with van der Waals surface area (Å²) in [5.41, 5.74) is 1.58. The van der Waals surface area contributed by atoms with Gasteiger partial charge in [0.15, 0.2) is 0 Å². The maximum Gasteiger partial charge on any atom is 0.325 e. The minimum atomic E-state index is -0.788. The fraction of sp³-hybridized carbons (Fsp3) is 0.524. The van der Waals surface area contributed by atoms with Crippen molar-refractivity contribution in [3.63, 3.8) is 0 Å². The lowest BCUT2D eigenvalue weighted by Gasteiger charge is -2.28. The third kappa shape index (κ3) is 4.12. The van der Waals surface area contributed by atoms with Crippen LogP contribution in [0.5, 0.6) is 0 Å². The molecular formula is C21H26N4O3S. The molecule has 1 unspecified atom stereocenters. The normalized spacial score (nSPS) is 20.5. The molecule has 0 bridgehead atoms. The maximum absolute atomic E-state index is 12.7. The van der Waals surface area contributed by atoms with Gasteiger partial charge in [0.25, 0.3) is 5.91 Å². The third-order valence-corrected chi connectivity index (χ3v) is 6.88. The number of nitrogens with zero attached hydrogens (tertiary/aromatic N) is 2. The van der Waals surface area contributed by atoms with Crippen molar-refractivity contribution in [3.8, 4) is 0 Å². The maximum atomic E-state index is 12.7. The van der Waals surface area contributed by atoms with Crippen LogP contribution < -0.4 is 10.6 Å². The number of urea groups is 1. The van der Waals surface area contributed by atoms with E-state index in [-0.39, 0.29) is 30.3 Å². The van der Waals surface area contributed by atoms with Crippen LogP contribution >= 0.6 is 11.3 Å². The van der Waals surface area contributed by atoms with Crippen molar-refractivity contribution in [1.82, 2.24) is 15.2 Å². The second kappa shape index (κ2) is 8.10. The minimum absolute atomic E-state index is 0.0341. The molecule has 1 aliphatic carbocycles. The summed E-state index contributed by atoms with van der Waals surface area (Å²) >= 11 is 1.62. The van der Waals surface area contributed by atoms with Gasteiger partial charge in [-0.25, -0.2) is 9.78 Å². The Morgan fingerprint density at radius 1 is 1.28 bits per heavy atom. The molecule has 0 radical (unpaired) electrons. The van der Waals surface area contributed by atoms with Gasteiger partial charge in [0.1, 0.15) is 6.04 Å². The summed E-state index contributed by atoms with van der Waals surface area (Å²) in [6.07, 6.45) is 4.86. The van der Waals surface area contributed by atoms with Gasteiger partial charge in [-0.2, -0.15) is 0 Å². The van der Waals surface area contributed by atoms with E-state index < -0.39 is 6.04 Å². The first-order valence-electron chi connectivity index (χ1n) is 10.3. The number of aromatic nitrogens is 1. The zero-order valence-corrected chi connectivity index (χ0v) is 17.6. The van der Waals surface area contributed by atoms with Gasteiger partial charge in [-0.3, -0.25) is 14.5 Å². The lowest BCUT2D eigenvalue weighted by molar-refractivity contribution is -0.131. The molecule has 8 heteroatoms. The van der Waals surface area contributed by atoms with Crippen molar-refractivity contribution in [3.05, 3.63) is 23.2 Å². The molecule has 2 fully saturated rings. The number of imide groups is 1. The van der Waals surface area contributed by atoms with Crippen LogP contribution in [-0.4, -0.2) is 39.8 Å². The molecule has 154 valence electrons. The second-order valence-electron chi connectivity index (χ2n) is 8.14. The van der Waals surface area contributed by atoms with E-state index in [4.69, 9.17) is 0 Å². The molecule has 7 nitrogen and oxygen atoms in total. The third-order valence-electron chi connectivity index (χ3n) is 5.56. The predicted octanol–water partition coefficient (Wildman–Crippen LogP) is 4.00. The van der Waals surface area contributed by atoms with Crippen LogP contribution in [0.25, 0.3) is 10.2 Å². The number of carbonyl (C=O) groups is 3. The van der Waals surface area contributed by atoms with E-state index in [0.29, 0.717) is 11.6 Å². The molecule has 29 heavy (non-hydrogen) atoms. The molecule has 1 aromatic carbocycles. The van der Waals surface area contributed by atoms with Crippen LogP contribution in [0.3, 0.4) is 0 Å². The zero-order chi connectivity index (χ0) is 20.5. The number of thiazole rings is 1. The summed E-state index contributed by atoms with van der Waals surface area (Å²) in [6.45, 7) is 4.20. The largest absolute Gasteiger partial charge is 0.326 e. The van der Waals surface area contributed by atoms with Crippen LogP contribution in [-0.2, 0) is 9.59 Å². The zero-order valence-electron chi connectivity index (χ0n) is 16.7. The van der Waals surface area contributed by atoms with Gasteiger partial charge in [-0.15, -0.1) is 11.3 Å². The summed E-state index contributed by atoms with van der Waals surface area (Å²) in [5, 5.41) is 6.59. The highest BCUT2D eigenvalue weighted by molar-refractivity contribution is 7.18. The molecule has 0 spiro atoms. The van der Waals surface area contributed by atoms with E-state index in [1.54, 1.807) is 11.3 Å². The summed E-state index contributed by atoms with van der Waals surface area (Å²) in [6, 6.07) is 4.41. The number of hydrogen-bond acceptors (Lipinski definition) is 5. The first-order chi connectivity index (χ1) is 13.9. The Morgan fingerprint density at radius 3 is 2.76 bits per heavy atom. The summed E-state index contributed by atoms with van der Waals surface area (Å²) < 4.78 is 1.01. The molecule has 1 saturated heterocycles. The van der Waals surface area contributed by atoms with Crippen LogP contribution in [0.4, 0.5) is 10.5 Å². The Morgan fingerprint density at radius 2 is 2.03 bits per heavy atom. The molecule has 1 saturated carbocycles. The molecule has 2 heterocycles. The molecular weight excluding hydrogens is 388 g/mol. The van der Waals surface area contributed by atoms with E-state index in [1.807, 2.05) is 18.2 Å². The monoisotopic (exact) mass is 414 g/mol. The SMILES string of the molecule is CC(C)c1nc2ccc(NC(=O)CC3NC(=O)N(C4CCCCC4)C3=O)cc2s1. The van der Waals surface area contributed by atoms with Crippen LogP contribution in [0.15, 0.2) is 18.2 Å². The number of nitrogens with one attached hydrogen (secondary N) is 2. The van der Waals surface area contributed by atoms with E-state index in [0.717, 1.165) is 47.3 Å². The van der Waals surface area contributed by atoms with Crippen molar-refractivity contribution in [2.45, 2.75) is 70.4 Å². The molecule has 1 atom stereocenters. The number of fused-ring (bicyclic) bond motifs is 1. The molecule has 1 aliphatic heterocycles. The van der Waals surface area contributed by atoms with E-state index >= 15 is 0 Å². The minimum Gasteiger partial charge on any atom is -0.326 e. The summed E-state index contributed by atoms with van der Waals surface area (Å²) in [7, 11) is 0. The van der Waals surface area contributed by atoms with Crippen molar-refractivity contribution in [2.75, 3.05) is 5.32 Å². The van der Waals surface area contributed by atoms with Crippen LogP contribution in [0.2, 0.25) is 0 Å². The van der Waals surface area contributed by atoms with Gasteiger partial charge in [0, 0.05) is 17.6 Å². The standard InChI is InChI=1S/C21H26N4O3S/c1-12(2)19-23-15-9-8-13(10-17(15)29-19)22-18(26)11-16-20(27)25(21(28)24-16)14-6-4-3-5-7-14/h8-10,12,14,16H,3-7,11H2,1-2H3,(H,22,26)(H,24,28). The molecule has 4 amide bonds. The Labute approximate surface area is 173 Å². The van der Waals surface area contributed by atoms with Crippen LogP contribution in [0, 0.1) is 0 Å². The second-order valence-corrected chi connectivity index (χ2v) is 9.21. The van der Waals surface area contributed by atoms with Gasteiger partial charge in [-0.1, -0.05) is 33.1 Å². The van der Waals surface area contributed by atoms with Gasteiger partial charge in [0.2, 0.25) is 5.91 Å². The first kappa shape index (κ1) is 19.8. The Balaban J connectivity index is 1.40. The number of hydrogen-bond donors (Lipinski definition) is 2. The van der Waals surface area contributed by atoms with Gasteiger partial charge in [0.05, 0.1) is 21.6 Å². The average Bonchev–Trinajstić information content (AvgIpc) is 3.23. The Kier molecular flexibility index (Phi) is 5.54. The molecule has 2 aliphatic rings. The number of anilines is 1. The van der Waals surface area contributed by atoms with Crippen molar-refractivity contribution >= 4 is 45.1 Å². The Bertz CT molecular complexity index is 949. The van der Waals surface area contributed by atoms with Crippen molar-refractivity contribution in [2.24, 2.45) is 0 Å². The Hall–Kier alpha value is -2.48. The van der Waals surface area contributed by atoms with Crippen molar-refractivity contribution < 1.29 is 14.4 Å². The van der Waals surface area contributed by atoms with E-state index in [2.05, 4.69) is 29.5 Å².